The molecule has 5 nitrogen and oxygen atoms in total. The van der Waals surface area contributed by atoms with E-state index in [1.165, 1.54) is 50.8 Å². The van der Waals surface area contributed by atoms with Gasteiger partial charge in [0.2, 0.25) is 0 Å². The van der Waals surface area contributed by atoms with Crippen molar-refractivity contribution in [1.29, 1.82) is 0 Å². The summed E-state index contributed by atoms with van der Waals surface area (Å²) < 4.78 is 0. The van der Waals surface area contributed by atoms with Gasteiger partial charge in [0.15, 0.2) is 0 Å². The van der Waals surface area contributed by atoms with Crippen molar-refractivity contribution in [2.24, 2.45) is 41.2 Å². The predicted octanol–water partition coefficient (Wildman–Crippen LogP) is 1.83. The van der Waals surface area contributed by atoms with Crippen LogP contribution in [0.15, 0.2) is 11.1 Å². The summed E-state index contributed by atoms with van der Waals surface area (Å²) in [7, 11) is 0. The topological polar surface area (TPSA) is 82.3 Å². The molecule has 0 aromatic carbocycles. The highest BCUT2D eigenvalue weighted by Gasteiger charge is 2.50. The first-order valence-corrected chi connectivity index (χ1v) is 11.8. The molecule has 3 fully saturated rings. The van der Waals surface area contributed by atoms with Crippen LogP contribution in [0.4, 0.5) is 0 Å². The van der Waals surface area contributed by atoms with Gasteiger partial charge in [-0.3, -0.25) is 5.32 Å². The maximum Gasteiger partial charge on any atom is 0.0794 e. The lowest BCUT2D eigenvalue weighted by Gasteiger charge is -2.41. The monoisotopic (exact) mass is 390 g/mol. The van der Waals surface area contributed by atoms with Gasteiger partial charge >= 0.3 is 0 Å². The molecule has 7 unspecified atom stereocenters. The fourth-order valence-corrected chi connectivity index (χ4v) is 7.17. The molecule has 7 atom stereocenters. The molecule has 0 aromatic rings. The molecule has 0 spiro atoms. The van der Waals surface area contributed by atoms with Crippen LogP contribution in [0.25, 0.3) is 0 Å². The summed E-state index contributed by atoms with van der Waals surface area (Å²) in [6.45, 7) is 10.5. The molecule has 28 heavy (non-hydrogen) atoms. The number of aliphatic hydroxyl groups excluding tert-OH is 1. The minimum Gasteiger partial charge on any atom is -0.392 e. The molecule has 0 aromatic heterocycles. The third kappa shape index (κ3) is 3.81. The Bertz CT molecular complexity index is 571. The first-order valence-electron chi connectivity index (χ1n) is 11.8. The minimum atomic E-state index is -0.188. The zero-order valence-corrected chi connectivity index (χ0v) is 18.1. The van der Waals surface area contributed by atoms with Gasteiger partial charge in [0.25, 0.3) is 0 Å². The number of nitrogens with one attached hydrogen (secondary N) is 3. The Kier molecular flexibility index (Phi) is 6.48. The van der Waals surface area contributed by atoms with Crippen LogP contribution in [0.2, 0.25) is 0 Å². The van der Waals surface area contributed by atoms with E-state index in [1.54, 1.807) is 0 Å². The summed E-state index contributed by atoms with van der Waals surface area (Å²) in [5.74, 6) is 4.50. The third-order valence-electron chi connectivity index (χ3n) is 8.68. The molecule has 2 saturated heterocycles. The number of hydrogen-bond donors (Lipinski definition) is 5. The van der Waals surface area contributed by atoms with Gasteiger partial charge in [-0.1, -0.05) is 19.4 Å². The zero-order valence-electron chi connectivity index (χ0n) is 18.1. The Balaban J connectivity index is 1.53. The van der Waals surface area contributed by atoms with Gasteiger partial charge in [0.1, 0.15) is 0 Å². The maximum absolute atomic E-state index is 9.85. The molecular formula is C23H42N4O. The molecule has 5 heteroatoms. The van der Waals surface area contributed by atoms with E-state index in [9.17, 15) is 5.11 Å². The standard InChI is InChI=1S/C23H42N4O/c1-13(2)21-17-10-16(15-6-8-25-9-7-15)4-5-20(17)27-22(21)18-11-26-23(24)19(12-28)14(18)3/h13,15-18,20-23,25-28H,4-12,24H2,1-3H3. The van der Waals surface area contributed by atoms with Gasteiger partial charge in [0.05, 0.1) is 12.8 Å². The van der Waals surface area contributed by atoms with Crippen LogP contribution in [0, 0.1) is 35.5 Å². The smallest absolute Gasteiger partial charge is 0.0794 e. The van der Waals surface area contributed by atoms with Gasteiger partial charge in [-0.15, -0.1) is 0 Å². The van der Waals surface area contributed by atoms with Crippen LogP contribution in [-0.2, 0) is 0 Å². The highest BCUT2D eigenvalue weighted by atomic mass is 16.3. The van der Waals surface area contributed by atoms with Crippen LogP contribution >= 0.6 is 0 Å². The molecule has 1 aliphatic carbocycles. The van der Waals surface area contributed by atoms with E-state index in [4.69, 9.17) is 5.73 Å². The van der Waals surface area contributed by atoms with Crippen molar-refractivity contribution in [3.8, 4) is 0 Å². The van der Waals surface area contributed by atoms with Crippen molar-refractivity contribution >= 4 is 0 Å². The lowest BCUT2D eigenvalue weighted by atomic mass is 9.65. The van der Waals surface area contributed by atoms with Gasteiger partial charge < -0.3 is 21.5 Å². The lowest BCUT2D eigenvalue weighted by molar-refractivity contribution is 0.118. The molecule has 0 amide bonds. The minimum absolute atomic E-state index is 0.0697. The van der Waals surface area contributed by atoms with Gasteiger partial charge in [-0.25, -0.2) is 0 Å². The SMILES string of the molecule is CC1=C(CO)C(N)NCC1C1NC2CCC(C3CCNCC3)CC2C1C(C)C. The van der Waals surface area contributed by atoms with E-state index in [0.717, 1.165) is 29.9 Å². The van der Waals surface area contributed by atoms with Crippen LogP contribution < -0.4 is 21.7 Å². The fourth-order valence-electron chi connectivity index (χ4n) is 7.17. The second-order valence-electron chi connectivity index (χ2n) is 10.3. The van der Waals surface area contributed by atoms with Gasteiger partial charge in [0, 0.05) is 24.5 Å². The summed E-state index contributed by atoms with van der Waals surface area (Å²) in [6.07, 6.45) is 6.72. The van der Waals surface area contributed by atoms with E-state index in [0.29, 0.717) is 29.8 Å². The molecule has 160 valence electrons. The predicted molar refractivity (Wildman–Crippen MR) is 115 cm³/mol. The second kappa shape index (κ2) is 8.73. The Morgan fingerprint density at radius 3 is 2.54 bits per heavy atom. The maximum atomic E-state index is 9.85. The van der Waals surface area contributed by atoms with Gasteiger partial charge in [-0.2, -0.15) is 0 Å². The number of hydrogen-bond acceptors (Lipinski definition) is 5. The largest absolute Gasteiger partial charge is 0.392 e. The van der Waals surface area contributed by atoms with Crippen molar-refractivity contribution in [2.45, 2.75) is 71.1 Å². The summed E-state index contributed by atoms with van der Waals surface area (Å²) in [4.78, 5) is 0. The Labute approximate surface area is 171 Å². The molecule has 4 rings (SSSR count). The lowest BCUT2D eigenvalue weighted by Crippen LogP contribution is -2.53. The number of rotatable bonds is 4. The Morgan fingerprint density at radius 2 is 1.86 bits per heavy atom. The number of aliphatic hydroxyl groups is 1. The fraction of sp³-hybridized carbons (Fsp3) is 0.913. The van der Waals surface area contributed by atoms with Crippen LogP contribution in [0.3, 0.4) is 0 Å². The second-order valence-corrected chi connectivity index (χ2v) is 10.3. The van der Waals surface area contributed by atoms with E-state index >= 15 is 0 Å². The van der Waals surface area contributed by atoms with Crippen molar-refractivity contribution in [1.82, 2.24) is 16.0 Å². The average Bonchev–Trinajstić information content (AvgIpc) is 3.07. The molecule has 3 heterocycles. The van der Waals surface area contributed by atoms with Crippen LogP contribution in [-0.4, -0.2) is 49.6 Å². The molecular weight excluding hydrogens is 348 g/mol. The summed E-state index contributed by atoms with van der Waals surface area (Å²) in [6, 6.07) is 1.18. The Hall–Kier alpha value is -0.460. The van der Waals surface area contributed by atoms with Crippen LogP contribution in [0.1, 0.15) is 52.9 Å². The Morgan fingerprint density at radius 1 is 1.11 bits per heavy atom. The molecule has 3 aliphatic heterocycles. The number of nitrogens with two attached hydrogens (primary N) is 1. The summed E-state index contributed by atoms with van der Waals surface area (Å²) in [5, 5.41) is 20.9. The van der Waals surface area contributed by atoms with E-state index < -0.39 is 0 Å². The first-order chi connectivity index (χ1) is 13.5. The molecule has 0 bridgehead atoms. The van der Waals surface area contributed by atoms with Crippen molar-refractivity contribution in [3.63, 3.8) is 0 Å². The van der Waals surface area contributed by atoms with Crippen molar-refractivity contribution in [2.75, 3.05) is 26.2 Å². The molecule has 4 aliphatic rings. The van der Waals surface area contributed by atoms with Crippen molar-refractivity contribution < 1.29 is 5.11 Å². The van der Waals surface area contributed by atoms with Crippen LogP contribution in [0.5, 0.6) is 0 Å². The van der Waals surface area contributed by atoms with Gasteiger partial charge in [-0.05, 0) is 87.3 Å². The molecule has 6 N–H and O–H groups in total. The molecule has 1 saturated carbocycles. The molecule has 0 radical (unpaired) electrons. The average molecular weight is 391 g/mol. The number of fused-ring (bicyclic) bond motifs is 1. The highest BCUT2D eigenvalue weighted by molar-refractivity contribution is 5.26. The summed E-state index contributed by atoms with van der Waals surface area (Å²) in [5.41, 5.74) is 8.53. The van der Waals surface area contributed by atoms with E-state index in [1.807, 2.05) is 0 Å². The third-order valence-corrected chi connectivity index (χ3v) is 8.68. The van der Waals surface area contributed by atoms with E-state index in [2.05, 4.69) is 36.7 Å². The van der Waals surface area contributed by atoms with Crippen molar-refractivity contribution in [3.05, 3.63) is 11.1 Å². The highest BCUT2D eigenvalue weighted by Crippen LogP contribution is 2.48. The zero-order chi connectivity index (χ0) is 19.8. The quantitative estimate of drug-likeness (QED) is 0.473. The number of piperidine rings is 1. The summed E-state index contributed by atoms with van der Waals surface area (Å²) >= 11 is 0. The first kappa shape index (κ1) is 20.8. The van der Waals surface area contributed by atoms with E-state index in [-0.39, 0.29) is 12.8 Å². The normalized spacial score (nSPS) is 42.9.